The van der Waals surface area contributed by atoms with E-state index >= 15 is 0 Å². The number of aromatic nitrogens is 1. The molecule has 0 bridgehead atoms. The van der Waals surface area contributed by atoms with Crippen molar-refractivity contribution in [3.63, 3.8) is 0 Å². The number of halogens is 2. The van der Waals surface area contributed by atoms with Gasteiger partial charge in [-0.15, -0.1) is 0 Å². The lowest BCUT2D eigenvalue weighted by molar-refractivity contribution is 1.43. The molecule has 1 aromatic heterocycles. The Balaban J connectivity index is 1.96. The van der Waals surface area contributed by atoms with Crippen molar-refractivity contribution < 1.29 is 0 Å². The molecule has 18 heavy (non-hydrogen) atoms. The molecule has 1 N–H and O–H groups in total. The van der Waals surface area contributed by atoms with E-state index in [0.717, 1.165) is 20.8 Å². The number of fused-ring (bicyclic) bond motifs is 1. The fourth-order valence-corrected chi connectivity index (χ4v) is 3.91. The third-order valence-electron chi connectivity index (χ3n) is 2.47. The molecule has 0 aliphatic rings. The van der Waals surface area contributed by atoms with Crippen molar-refractivity contribution in [2.24, 2.45) is 0 Å². The number of thiazole rings is 1. The molecule has 5 heteroatoms. The second kappa shape index (κ2) is 5.14. The number of anilines is 2. The van der Waals surface area contributed by atoms with Gasteiger partial charge in [0.2, 0.25) is 0 Å². The third kappa shape index (κ3) is 2.53. The Morgan fingerprint density at radius 2 is 2.00 bits per heavy atom. The first-order valence-electron chi connectivity index (χ1n) is 5.30. The molecule has 0 saturated carbocycles. The Bertz CT molecular complexity index is 678. The molecule has 0 amide bonds. The highest BCUT2D eigenvalue weighted by atomic mass is 127. The van der Waals surface area contributed by atoms with E-state index in [1.165, 1.54) is 8.27 Å². The molecule has 0 aliphatic heterocycles. The van der Waals surface area contributed by atoms with Gasteiger partial charge < -0.3 is 5.32 Å². The van der Waals surface area contributed by atoms with Crippen LogP contribution in [0, 0.1) is 3.57 Å². The van der Waals surface area contributed by atoms with Crippen molar-refractivity contribution in [2.45, 2.75) is 0 Å². The Kier molecular flexibility index (Phi) is 3.54. The SMILES string of the molecule is Brc1cc(I)ccc1Nc1nc2ccccc2s1. The van der Waals surface area contributed by atoms with Crippen LogP contribution in [0.2, 0.25) is 0 Å². The summed E-state index contributed by atoms with van der Waals surface area (Å²) in [5, 5.41) is 4.26. The van der Waals surface area contributed by atoms with E-state index < -0.39 is 0 Å². The smallest absolute Gasteiger partial charge is 0.188 e. The van der Waals surface area contributed by atoms with E-state index in [1.54, 1.807) is 11.3 Å². The lowest BCUT2D eigenvalue weighted by atomic mass is 10.3. The van der Waals surface area contributed by atoms with Crippen molar-refractivity contribution in [1.82, 2.24) is 4.98 Å². The molecule has 0 atom stereocenters. The summed E-state index contributed by atoms with van der Waals surface area (Å²) in [6.07, 6.45) is 0. The van der Waals surface area contributed by atoms with Gasteiger partial charge in [-0.1, -0.05) is 23.5 Å². The Morgan fingerprint density at radius 1 is 1.17 bits per heavy atom. The average molecular weight is 431 g/mol. The van der Waals surface area contributed by atoms with Crippen LogP contribution in [0.4, 0.5) is 10.8 Å². The highest BCUT2D eigenvalue weighted by molar-refractivity contribution is 14.1. The van der Waals surface area contributed by atoms with E-state index in [0.29, 0.717) is 0 Å². The van der Waals surface area contributed by atoms with Gasteiger partial charge in [0.05, 0.1) is 15.9 Å². The predicted octanol–water partition coefficient (Wildman–Crippen LogP) is 5.41. The lowest BCUT2D eigenvalue weighted by Gasteiger charge is -2.05. The van der Waals surface area contributed by atoms with Crippen LogP contribution in [-0.2, 0) is 0 Å². The van der Waals surface area contributed by atoms with E-state index in [9.17, 15) is 0 Å². The molecule has 3 aromatic rings. The summed E-state index contributed by atoms with van der Waals surface area (Å²) in [5.74, 6) is 0. The van der Waals surface area contributed by atoms with E-state index in [4.69, 9.17) is 0 Å². The second-order valence-electron chi connectivity index (χ2n) is 3.74. The first-order valence-corrected chi connectivity index (χ1v) is 7.99. The van der Waals surface area contributed by atoms with Gasteiger partial charge in [0.1, 0.15) is 0 Å². The maximum atomic E-state index is 4.56. The van der Waals surface area contributed by atoms with Gasteiger partial charge in [-0.3, -0.25) is 0 Å². The molecule has 1 heterocycles. The second-order valence-corrected chi connectivity index (χ2v) is 6.87. The van der Waals surface area contributed by atoms with Gasteiger partial charge in [0.15, 0.2) is 5.13 Å². The minimum atomic E-state index is 0.915. The van der Waals surface area contributed by atoms with E-state index in [-0.39, 0.29) is 0 Å². The van der Waals surface area contributed by atoms with Crippen LogP contribution >= 0.6 is 49.9 Å². The van der Waals surface area contributed by atoms with Crippen LogP contribution in [0.15, 0.2) is 46.9 Å². The minimum absolute atomic E-state index is 0.915. The number of benzene rings is 2. The van der Waals surface area contributed by atoms with Gasteiger partial charge in [-0.25, -0.2) is 4.98 Å². The number of rotatable bonds is 2. The van der Waals surface area contributed by atoms with Gasteiger partial charge in [-0.05, 0) is 68.9 Å². The number of nitrogens with zero attached hydrogens (tertiary/aromatic N) is 1. The largest absolute Gasteiger partial charge is 0.331 e. The maximum Gasteiger partial charge on any atom is 0.188 e. The number of nitrogens with one attached hydrogen (secondary N) is 1. The van der Waals surface area contributed by atoms with Crippen molar-refractivity contribution >= 4 is 70.9 Å². The number of hydrogen-bond acceptors (Lipinski definition) is 3. The monoisotopic (exact) mass is 430 g/mol. The van der Waals surface area contributed by atoms with Crippen LogP contribution in [0.1, 0.15) is 0 Å². The normalized spacial score (nSPS) is 10.8. The third-order valence-corrected chi connectivity index (χ3v) is 4.75. The quantitative estimate of drug-likeness (QED) is 0.550. The zero-order chi connectivity index (χ0) is 12.5. The fourth-order valence-electron chi connectivity index (χ4n) is 1.63. The van der Waals surface area contributed by atoms with Crippen LogP contribution in [0.3, 0.4) is 0 Å². The summed E-state index contributed by atoms with van der Waals surface area (Å²) in [4.78, 5) is 4.56. The summed E-state index contributed by atoms with van der Waals surface area (Å²) >= 11 is 7.51. The van der Waals surface area contributed by atoms with E-state index in [1.807, 2.05) is 18.2 Å². The Morgan fingerprint density at radius 3 is 2.78 bits per heavy atom. The summed E-state index contributed by atoms with van der Waals surface area (Å²) < 4.78 is 3.45. The summed E-state index contributed by atoms with van der Waals surface area (Å²) in [6, 6.07) is 14.4. The first-order chi connectivity index (χ1) is 8.72. The highest BCUT2D eigenvalue weighted by Crippen LogP contribution is 2.31. The molecule has 0 fully saturated rings. The molecule has 3 rings (SSSR count). The molecule has 90 valence electrons. The number of hydrogen-bond donors (Lipinski definition) is 1. The maximum absolute atomic E-state index is 4.56. The average Bonchev–Trinajstić information content (AvgIpc) is 2.75. The van der Waals surface area contributed by atoms with Crippen LogP contribution in [0.25, 0.3) is 10.2 Å². The molecule has 0 spiro atoms. The molecule has 0 unspecified atom stereocenters. The zero-order valence-corrected chi connectivity index (χ0v) is 13.7. The topological polar surface area (TPSA) is 24.9 Å². The van der Waals surface area contributed by atoms with Gasteiger partial charge in [-0.2, -0.15) is 0 Å². The molecular weight excluding hydrogens is 423 g/mol. The molecule has 0 saturated heterocycles. The highest BCUT2D eigenvalue weighted by Gasteiger charge is 2.05. The molecule has 0 radical (unpaired) electrons. The summed E-state index contributed by atoms with van der Waals surface area (Å²) in [7, 11) is 0. The summed E-state index contributed by atoms with van der Waals surface area (Å²) in [5.41, 5.74) is 2.07. The zero-order valence-electron chi connectivity index (χ0n) is 9.15. The van der Waals surface area contributed by atoms with Crippen molar-refractivity contribution in [3.05, 3.63) is 50.5 Å². The molecule has 0 aliphatic carbocycles. The van der Waals surface area contributed by atoms with Gasteiger partial charge in [0.25, 0.3) is 0 Å². The standard InChI is InChI=1S/C13H8BrIN2S/c14-9-7-8(15)5-6-10(9)16-13-17-11-3-1-2-4-12(11)18-13/h1-7H,(H,16,17). The van der Waals surface area contributed by atoms with E-state index in [2.05, 4.69) is 73.1 Å². The summed E-state index contributed by atoms with van der Waals surface area (Å²) in [6.45, 7) is 0. The number of para-hydroxylation sites is 1. The molecule has 2 aromatic carbocycles. The minimum Gasteiger partial charge on any atom is -0.331 e. The fraction of sp³-hybridized carbons (Fsp3) is 0. The van der Waals surface area contributed by atoms with Crippen molar-refractivity contribution in [2.75, 3.05) is 5.32 Å². The Hall–Kier alpha value is -0.660. The van der Waals surface area contributed by atoms with Crippen LogP contribution < -0.4 is 5.32 Å². The molecular formula is C13H8BrIN2S. The van der Waals surface area contributed by atoms with Crippen LogP contribution in [-0.4, -0.2) is 4.98 Å². The van der Waals surface area contributed by atoms with Gasteiger partial charge in [0, 0.05) is 8.04 Å². The van der Waals surface area contributed by atoms with Gasteiger partial charge >= 0.3 is 0 Å². The van der Waals surface area contributed by atoms with Crippen LogP contribution in [0.5, 0.6) is 0 Å². The molecule has 2 nitrogen and oxygen atoms in total. The lowest BCUT2D eigenvalue weighted by Crippen LogP contribution is -1.90. The van der Waals surface area contributed by atoms with Crippen molar-refractivity contribution in [1.29, 1.82) is 0 Å². The Labute approximate surface area is 131 Å². The first kappa shape index (κ1) is 12.4. The predicted molar refractivity (Wildman–Crippen MR) is 89.8 cm³/mol. The van der Waals surface area contributed by atoms with Crippen molar-refractivity contribution in [3.8, 4) is 0 Å².